The van der Waals surface area contributed by atoms with Crippen LogP contribution in [-0.4, -0.2) is 21.7 Å². The molecule has 0 bridgehead atoms. The maximum Gasteiger partial charge on any atom is 0.270 e. The number of aryl methyl sites for hydroxylation is 1. The number of nitrogens with one attached hydrogen (secondary N) is 1. The molecule has 3 rings (SSSR count). The summed E-state index contributed by atoms with van der Waals surface area (Å²) < 4.78 is 7.31. The van der Waals surface area contributed by atoms with Crippen LogP contribution in [0.5, 0.6) is 0 Å². The van der Waals surface area contributed by atoms with Crippen LogP contribution >= 0.6 is 0 Å². The first-order valence-electron chi connectivity index (χ1n) is 8.11. The summed E-state index contributed by atoms with van der Waals surface area (Å²) in [6.07, 6.45) is 0.870. The first-order valence-corrected chi connectivity index (χ1v) is 8.11. The molecule has 1 amide bonds. The second kappa shape index (κ2) is 6.74. The highest BCUT2D eigenvalue weighted by Crippen LogP contribution is 2.23. The lowest BCUT2D eigenvalue weighted by Crippen LogP contribution is -2.33. The van der Waals surface area contributed by atoms with E-state index in [1.165, 1.54) is 0 Å². The van der Waals surface area contributed by atoms with Gasteiger partial charge in [-0.25, -0.2) is 4.68 Å². The summed E-state index contributed by atoms with van der Waals surface area (Å²) in [5.74, 6) is 1.32. The molecule has 124 valence electrons. The fourth-order valence-electron chi connectivity index (χ4n) is 2.40. The minimum absolute atomic E-state index is 0.103. The van der Waals surface area contributed by atoms with Gasteiger partial charge in [0.05, 0.1) is 5.69 Å². The van der Waals surface area contributed by atoms with Crippen LogP contribution in [0.3, 0.4) is 0 Å². The van der Waals surface area contributed by atoms with Crippen molar-refractivity contribution in [3.05, 3.63) is 60.0 Å². The van der Waals surface area contributed by atoms with Gasteiger partial charge in [0.1, 0.15) is 17.1 Å². The number of rotatable bonds is 5. The molecule has 0 unspecified atom stereocenters. The fraction of sp³-hybridized carbons (Fsp3) is 0.263. The number of furan rings is 1. The predicted octanol–water partition coefficient (Wildman–Crippen LogP) is 3.97. The van der Waals surface area contributed by atoms with Crippen molar-refractivity contribution >= 4 is 5.91 Å². The number of benzene rings is 1. The van der Waals surface area contributed by atoms with E-state index in [-0.39, 0.29) is 11.9 Å². The molecule has 1 N–H and O–H groups in total. The predicted molar refractivity (Wildman–Crippen MR) is 93.2 cm³/mol. The maximum absolute atomic E-state index is 12.7. The number of nitrogens with zero attached hydrogens (tertiary/aromatic N) is 2. The Hall–Kier alpha value is -2.82. The number of hydrogen-bond acceptors (Lipinski definition) is 3. The van der Waals surface area contributed by atoms with Gasteiger partial charge < -0.3 is 9.73 Å². The summed E-state index contributed by atoms with van der Waals surface area (Å²) in [6, 6.07) is 15.2. The number of carbonyl (C=O) groups is 1. The SMILES string of the molecule is CC[C@H](C)NC(=O)c1cc(-c2ccc(C)o2)nn1-c1ccccc1. The number of hydrogen-bond donors (Lipinski definition) is 1. The van der Waals surface area contributed by atoms with Crippen molar-refractivity contribution in [2.75, 3.05) is 0 Å². The van der Waals surface area contributed by atoms with E-state index in [9.17, 15) is 4.79 Å². The van der Waals surface area contributed by atoms with E-state index >= 15 is 0 Å². The van der Waals surface area contributed by atoms with Crippen molar-refractivity contribution in [2.24, 2.45) is 0 Å². The van der Waals surface area contributed by atoms with Crippen LogP contribution in [0, 0.1) is 6.92 Å². The Balaban J connectivity index is 2.05. The fourth-order valence-corrected chi connectivity index (χ4v) is 2.40. The Kier molecular flexibility index (Phi) is 4.51. The highest BCUT2D eigenvalue weighted by Gasteiger charge is 2.19. The summed E-state index contributed by atoms with van der Waals surface area (Å²) in [7, 11) is 0. The summed E-state index contributed by atoms with van der Waals surface area (Å²) >= 11 is 0. The molecule has 0 aliphatic rings. The third-order valence-corrected chi connectivity index (χ3v) is 3.93. The summed E-state index contributed by atoms with van der Waals surface area (Å²) in [6.45, 7) is 5.91. The Morgan fingerprint density at radius 1 is 1.25 bits per heavy atom. The van der Waals surface area contributed by atoms with Gasteiger partial charge in [-0.2, -0.15) is 5.10 Å². The standard InChI is InChI=1S/C19H21N3O2/c1-4-13(2)20-19(23)17-12-16(18-11-10-14(3)24-18)21-22(17)15-8-6-5-7-9-15/h5-13H,4H2,1-3H3,(H,20,23)/t13-/m0/s1. The molecular weight excluding hydrogens is 302 g/mol. The summed E-state index contributed by atoms with van der Waals surface area (Å²) in [5, 5.41) is 7.58. The van der Waals surface area contributed by atoms with Crippen LogP contribution < -0.4 is 5.32 Å². The van der Waals surface area contributed by atoms with E-state index in [0.29, 0.717) is 17.1 Å². The molecule has 2 heterocycles. The van der Waals surface area contributed by atoms with Gasteiger partial charge in [0.15, 0.2) is 5.76 Å². The van der Waals surface area contributed by atoms with Crippen LogP contribution in [-0.2, 0) is 0 Å². The molecule has 5 nitrogen and oxygen atoms in total. The van der Waals surface area contributed by atoms with E-state index in [0.717, 1.165) is 17.9 Å². The quantitative estimate of drug-likeness (QED) is 0.773. The molecule has 0 radical (unpaired) electrons. The van der Waals surface area contributed by atoms with Gasteiger partial charge in [-0.05, 0) is 44.5 Å². The first kappa shape index (κ1) is 16.1. The van der Waals surface area contributed by atoms with Crippen molar-refractivity contribution < 1.29 is 9.21 Å². The van der Waals surface area contributed by atoms with E-state index in [1.807, 2.05) is 63.2 Å². The molecule has 0 aliphatic heterocycles. The number of aromatic nitrogens is 2. The number of para-hydroxylation sites is 1. The lowest BCUT2D eigenvalue weighted by molar-refractivity contribution is 0.0931. The van der Waals surface area contributed by atoms with Crippen LogP contribution in [0.25, 0.3) is 17.1 Å². The molecule has 0 saturated carbocycles. The van der Waals surface area contributed by atoms with Gasteiger partial charge in [0.2, 0.25) is 0 Å². The molecule has 3 aromatic rings. The highest BCUT2D eigenvalue weighted by molar-refractivity contribution is 5.94. The Bertz CT molecular complexity index is 833. The molecule has 0 spiro atoms. The topological polar surface area (TPSA) is 60.1 Å². The maximum atomic E-state index is 12.7. The molecule has 2 aromatic heterocycles. The molecule has 1 atom stereocenters. The van der Waals surface area contributed by atoms with Gasteiger partial charge >= 0.3 is 0 Å². The zero-order valence-corrected chi connectivity index (χ0v) is 14.1. The molecule has 24 heavy (non-hydrogen) atoms. The molecular formula is C19H21N3O2. The average molecular weight is 323 g/mol. The Labute approximate surface area is 141 Å². The lowest BCUT2D eigenvalue weighted by atomic mass is 10.2. The minimum Gasteiger partial charge on any atom is -0.460 e. The van der Waals surface area contributed by atoms with E-state index < -0.39 is 0 Å². The minimum atomic E-state index is -0.143. The van der Waals surface area contributed by atoms with Crippen LogP contribution in [0.4, 0.5) is 0 Å². The Morgan fingerprint density at radius 2 is 2.00 bits per heavy atom. The molecule has 0 aliphatic carbocycles. The van der Waals surface area contributed by atoms with Crippen molar-refractivity contribution in [2.45, 2.75) is 33.2 Å². The van der Waals surface area contributed by atoms with Gasteiger partial charge in [0, 0.05) is 12.1 Å². The number of amides is 1. The monoisotopic (exact) mass is 323 g/mol. The van der Waals surface area contributed by atoms with E-state index in [4.69, 9.17) is 4.42 Å². The van der Waals surface area contributed by atoms with Crippen LogP contribution in [0.15, 0.2) is 52.9 Å². The Morgan fingerprint density at radius 3 is 2.62 bits per heavy atom. The molecule has 0 fully saturated rings. The van der Waals surface area contributed by atoms with Crippen molar-refractivity contribution in [1.82, 2.24) is 15.1 Å². The van der Waals surface area contributed by atoms with Gasteiger partial charge in [-0.1, -0.05) is 25.1 Å². The zero-order valence-electron chi connectivity index (χ0n) is 14.1. The molecule has 0 saturated heterocycles. The van der Waals surface area contributed by atoms with Crippen molar-refractivity contribution in [1.29, 1.82) is 0 Å². The summed E-state index contributed by atoms with van der Waals surface area (Å²) in [4.78, 5) is 12.7. The summed E-state index contributed by atoms with van der Waals surface area (Å²) in [5.41, 5.74) is 1.97. The van der Waals surface area contributed by atoms with Gasteiger partial charge in [-0.3, -0.25) is 4.79 Å². The third kappa shape index (κ3) is 3.25. The largest absolute Gasteiger partial charge is 0.460 e. The van der Waals surface area contributed by atoms with Gasteiger partial charge in [0.25, 0.3) is 5.91 Å². The average Bonchev–Trinajstić information content (AvgIpc) is 3.21. The van der Waals surface area contributed by atoms with Crippen LogP contribution in [0.2, 0.25) is 0 Å². The normalized spacial score (nSPS) is 12.1. The van der Waals surface area contributed by atoms with Crippen molar-refractivity contribution in [3.63, 3.8) is 0 Å². The van der Waals surface area contributed by atoms with Crippen LogP contribution in [0.1, 0.15) is 36.5 Å². The zero-order chi connectivity index (χ0) is 17.1. The smallest absolute Gasteiger partial charge is 0.270 e. The van der Waals surface area contributed by atoms with Gasteiger partial charge in [-0.15, -0.1) is 0 Å². The van der Waals surface area contributed by atoms with Crippen molar-refractivity contribution in [3.8, 4) is 17.1 Å². The van der Waals surface area contributed by atoms with E-state index in [2.05, 4.69) is 10.4 Å². The third-order valence-electron chi connectivity index (χ3n) is 3.93. The lowest BCUT2D eigenvalue weighted by Gasteiger charge is -2.12. The highest BCUT2D eigenvalue weighted by atomic mass is 16.3. The number of carbonyl (C=O) groups excluding carboxylic acids is 1. The van der Waals surface area contributed by atoms with E-state index in [1.54, 1.807) is 10.7 Å². The second-order valence-electron chi connectivity index (χ2n) is 5.86. The first-order chi connectivity index (χ1) is 11.6. The molecule has 5 heteroatoms. The second-order valence-corrected chi connectivity index (χ2v) is 5.86. The molecule has 1 aromatic carbocycles.